The second-order valence-corrected chi connectivity index (χ2v) is 5.38. The third-order valence-electron chi connectivity index (χ3n) is 3.31. The number of thiazole rings is 1. The number of hydrogen-bond acceptors (Lipinski definition) is 5. The smallest absolute Gasteiger partial charge is 0.311 e. The quantitative estimate of drug-likeness (QED) is 0.820. The number of ether oxygens (including phenoxy) is 1. The number of carbonyl (C=O) groups is 1. The Morgan fingerprint density at radius 3 is 3.06 bits per heavy atom. The van der Waals surface area contributed by atoms with Crippen LogP contribution in [0.1, 0.15) is 31.9 Å². The van der Waals surface area contributed by atoms with Crippen LogP contribution in [0.15, 0.2) is 5.38 Å². The van der Waals surface area contributed by atoms with Gasteiger partial charge in [0.1, 0.15) is 0 Å². The number of methoxy groups -OCH3 is 1. The van der Waals surface area contributed by atoms with E-state index < -0.39 is 0 Å². The van der Waals surface area contributed by atoms with Crippen molar-refractivity contribution in [3.63, 3.8) is 0 Å². The topological polar surface area (TPSA) is 51.2 Å². The first-order valence-corrected chi connectivity index (χ1v) is 6.84. The average molecular weight is 254 g/mol. The number of rotatable bonds is 5. The Labute approximate surface area is 105 Å². The van der Waals surface area contributed by atoms with Crippen molar-refractivity contribution in [1.82, 2.24) is 4.98 Å². The zero-order valence-electron chi connectivity index (χ0n) is 10.2. The lowest BCUT2D eigenvalue weighted by Gasteiger charge is -2.31. The lowest BCUT2D eigenvalue weighted by molar-refractivity contribution is -0.139. The van der Waals surface area contributed by atoms with Crippen molar-refractivity contribution in [2.24, 2.45) is 5.92 Å². The molecule has 0 saturated heterocycles. The number of anilines is 1. The summed E-state index contributed by atoms with van der Waals surface area (Å²) < 4.78 is 4.61. The molecule has 0 radical (unpaired) electrons. The lowest BCUT2D eigenvalue weighted by Crippen LogP contribution is -2.30. The fourth-order valence-corrected chi connectivity index (χ4v) is 2.73. The van der Waals surface area contributed by atoms with Crippen LogP contribution in [0.2, 0.25) is 0 Å². The van der Waals surface area contributed by atoms with Gasteiger partial charge in [-0.05, 0) is 25.7 Å². The van der Waals surface area contributed by atoms with E-state index in [-0.39, 0.29) is 12.4 Å². The van der Waals surface area contributed by atoms with Crippen molar-refractivity contribution in [1.29, 1.82) is 0 Å². The molecule has 1 heterocycles. The van der Waals surface area contributed by atoms with Crippen LogP contribution in [0.4, 0.5) is 5.13 Å². The van der Waals surface area contributed by atoms with Crippen molar-refractivity contribution in [3.05, 3.63) is 11.1 Å². The van der Waals surface area contributed by atoms with Gasteiger partial charge in [-0.3, -0.25) is 4.79 Å². The predicted molar refractivity (Wildman–Crippen MR) is 68.3 cm³/mol. The molecule has 1 N–H and O–H groups in total. The number of nitrogens with one attached hydrogen (secondary N) is 1. The molecule has 1 aliphatic rings. The number of carbonyl (C=O) groups excluding carboxylic acids is 1. The molecule has 94 valence electrons. The van der Waals surface area contributed by atoms with Crippen molar-refractivity contribution in [2.45, 2.75) is 38.6 Å². The van der Waals surface area contributed by atoms with Gasteiger partial charge >= 0.3 is 5.97 Å². The normalized spacial score (nSPS) is 17.3. The number of nitrogens with zero attached hydrogens (tertiary/aromatic N) is 1. The number of hydrogen-bond donors (Lipinski definition) is 1. The fraction of sp³-hybridized carbons (Fsp3) is 0.667. The highest BCUT2D eigenvalue weighted by Crippen LogP contribution is 2.31. The van der Waals surface area contributed by atoms with Crippen molar-refractivity contribution in [3.8, 4) is 0 Å². The highest BCUT2D eigenvalue weighted by molar-refractivity contribution is 7.13. The first-order chi connectivity index (χ1) is 8.19. The van der Waals surface area contributed by atoms with Gasteiger partial charge in [0.2, 0.25) is 0 Å². The number of aromatic nitrogens is 1. The predicted octanol–water partition coefficient (Wildman–Crippen LogP) is 2.46. The molecule has 0 amide bonds. The van der Waals surface area contributed by atoms with E-state index in [1.165, 1.54) is 26.4 Å². The molecule has 0 aliphatic heterocycles. The molecule has 4 nitrogen and oxygen atoms in total. The molecule has 2 rings (SSSR count). The molecule has 0 bridgehead atoms. The van der Waals surface area contributed by atoms with Crippen LogP contribution in [0.25, 0.3) is 0 Å². The molecule has 0 spiro atoms. The molecule has 17 heavy (non-hydrogen) atoms. The van der Waals surface area contributed by atoms with Gasteiger partial charge in [0.15, 0.2) is 5.13 Å². The Morgan fingerprint density at radius 2 is 2.47 bits per heavy atom. The second-order valence-electron chi connectivity index (χ2n) is 4.52. The third-order valence-corrected chi connectivity index (χ3v) is 4.14. The third kappa shape index (κ3) is 3.19. The van der Waals surface area contributed by atoms with E-state index in [1.807, 2.05) is 5.38 Å². The molecule has 1 aromatic rings. The van der Waals surface area contributed by atoms with Crippen molar-refractivity contribution >= 4 is 22.4 Å². The SMILES string of the molecule is COC(=O)Cc1csc(NC(C)C2CCC2)n1. The van der Waals surface area contributed by atoms with Crippen LogP contribution in [0, 0.1) is 5.92 Å². The molecule has 1 aromatic heterocycles. The van der Waals surface area contributed by atoms with Crippen LogP contribution >= 0.6 is 11.3 Å². The number of esters is 1. The Bertz CT molecular complexity index is 388. The van der Waals surface area contributed by atoms with Gasteiger partial charge in [0, 0.05) is 11.4 Å². The van der Waals surface area contributed by atoms with Gasteiger partial charge in [-0.15, -0.1) is 11.3 Å². The minimum atomic E-state index is -0.242. The van der Waals surface area contributed by atoms with Crippen LogP contribution in [0.3, 0.4) is 0 Å². The largest absolute Gasteiger partial charge is 0.469 e. The maximum absolute atomic E-state index is 11.1. The van der Waals surface area contributed by atoms with Gasteiger partial charge in [0.25, 0.3) is 0 Å². The van der Waals surface area contributed by atoms with Gasteiger partial charge in [-0.2, -0.15) is 0 Å². The Morgan fingerprint density at radius 1 is 1.71 bits per heavy atom. The van der Waals surface area contributed by atoms with Crippen LogP contribution in [-0.4, -0.2) is 24.1 Å². The Hall–Kier alpha value is -1.10. The van der Waals surface area contributed by atoms with Crippen LogP contribution in [-0.2, 0) is 16.0 Å². The summed E-state index contributed by atoms with van der Waals surface area (Å²) in [7, 11) is 1.40. The van der Waals surface area contributed by atoms with E-state index in [2.05, 4.69) is 22.0 Å². The van der Waals surface area contributed by atoms with Gasteiger partial charge < -0.3 is 10.1 Å². The molecule has 1 aliphatic carbocycles. The molecular weight excluding hydrogens is 236 g/mol. The van der Waals surface area contributed by atoms with Crippen molar-refractivity contribution < 1.29 is 9.53 Å². The summed E-state index contributed by atoms with van der Waals surface area (Å²) in [6, 6.07) is 0.473. The average Bonchev–Trinajstić information content (AvgIpc) is 2.62. The highest BCUT2D eigenvalue weighted by atomic mass is 32.1. The minimum Gasteiger partial charge on any atom is -0.469 e. The van der Waals surface area contributed by atoms with Gasteiger partial charge in [0.05, 0.1) is 19.2 Å². The zero-order chi connectivity index (χ0) is 12.3. The molecule has 1 fully saturated rings. The van der Waals surface area contributed by atoms with E-state index in [1.54, 1.807) is 11.3 Å². The monoisotopic (exact) mass is 254 g/mol. The summed E-state index contributed by atoms with van der Waals surface area (Å²) in [5, 5.41) is 6.23. The van der Waals surface area contributed by atoms with E-state index in [9.17, 15) is 4.79 Å². The Kier molecular flexibility index (Phi) is 3.99. The van der Waals surface area contributed by atoms with E-state index in [4.69, 9.17) is 0 Å². The van der Waals surface area contributed by atoms with E-state index >= 15 is 0 Å². The van der Waals surface area contributed by atoms with Crippen LogP contribution < -0.4 is 5.32 Å². The Balaban J connectivity index is 1.86. The second kappa shape index (κ2) is 5.49. The lowest BCUT2D eigenvalue weighted by atomic mass is 9.80. The van der Waals surface area contributed by atoms with Crippen molar-refractivity contribution in [2.75, 3.05) is 12.4 Å². The molecule has 1 unspecified atom stereocenters. The minimum absolute atomic E-state index is 0.242. The summed E-state index contributed by atoms with van der Waals surface area (Å²) in [5.41, 5.74) is 0.783. The summed E-state index contributed by atoms with van der Waals surface area (Å²) >= 11 is 1.55. The zero-order valence-corrected chi connectivity index (χ0v) is 11.0. The molecule has 1 atom stereocenters. The first kappa shape index (κ1) is 12.4. The van der Waals surface area contributed by atoms with E-state index in [0.29, 0.717) is 6.04 Å². The van der Waals surface area contributed by atoms with E-state index in [0.717, 1.165) is 16.7 Å². The molecule has 5 heteroatoms. The fourth-order valence-electron chi connectivity index (χ4n) is 1.93. The summed E-state index contributed by atoms with van der Waals surface area (Å²) in [6.07, 6.45) is 4.23. The molecule has 1 saturated carbocycles. The summed E-state index contributed by atoms with van der Waals surface area (Å²) in [6.45, 7) is 2.20. The maximum Gasteiger partial charge on any atom is 0.311 e. The summed E-state index contributed by atoms with van der Waals surface area (Å²) in [5.74, 6) is 0.539. The van der Waals surface area contributed by atoms with Crippen LogP contribution in [0.5, 0.6) is 0 Å². The first-order valence-electron chi connectivity index (χ1n) is 5.97. The maximum atomic E-state index is 11.1. The molecule has 0 aromatic carbocycles. The summed E-state index contributed by atoms with van der Waals surface area (Å²) in [4.78, 5) is 15.5. The van der Waals surface area contributed by atoms with Gasteiger partial charge in [-0.1, -0.05) is 6.42 Å². The standard InChI is InChI=1S/C12H18N2O2S/c1-8(9-4-3-5-9)13-12-14-10(7-17-12)6-11(15)16-2/h7-9H,3-6H2,1-2H3,(H,13,14). The van der Waals surface area contributed by atoms with Gasteiger partial charge in [-0.25, -0.2) is 4.98 Å². The molecular formula is C12H18N2O2S. The highest BCUT2D eigenvalue weighted by Gasteiger charge is 2.24.